The molecule has 0 unspecified atom stereocenters. The van der Waals surface area contributed by atoms with E-state index in [1.807, 2.05) is 0 Å². The molecule has 0 atom stereocenters. The van der Waals surface area contributed by atoms with Gasteiger partial charge in [-0.25, -0.2) is 0 Å². The Hall–Kier alpha value is -0.160. The number of hydrogen-bond acceptors (Lipinski definition) is 4. The summed E-state index contributed by atoms with van der Waals surface area (Å²) in [6, 6.07) is 0. The lowest BCUT2D eigenvalue weighted by molar-refractivity contribution is 0.00293. The van der Waals surface area contributed by atoms with Crippen LogP contribution in [0.3, 0.4) is 0 Å². The molecule has 0 aromatic heterocycles. The van der Waals surface area contributed by atoms with Gasteiger partial charge in [-0.05, 0) is 5.92 Å². The zero-order valence-corrected chi connectivity index (χ0v) is 10.4. The predicted molar refractivity (Wildman–Crippen MR) is 61.6 cm³/mol. The highest BCUT2D eigenvalue weighted by atomic mass is 16.6. The van der Waals surface area contributed by atoms with Gasteiger partial charge >= 0.3 is 0 Å². The van der Waals surface area contributed by atoms with Gasteiger partial charge in [0.15, 0.2) is 0 Å². The van der Waals surface area contributed by atoms with Crippen LogP contribution in [0, 0.1) is 11.8 Å². The van der Waals surface area contributed by atoms with E-state index in [0.29, 0.717) is 51.5 Å². The van der Waals surface area contributed by atoms with Crippen molar-refractivity contribution in [2.75, 3.05) is 52.9 Å². The van der Waals surface area contributed by atoms with Crippen molar-refractivity contribution in [2.45, 2.75) is 13.8 Å². The van der Waals surface area contributed by atoms with Gasteiger partial charge in [0, 0.05) is 5.92 Å². The summed E-state index contributed by atoms with van der Waals surface area (Å²) >= 11 is 0. The molecule has 0 bridgehead atoms. The topological polar surface area (TPSA) is 36.9 Å². The fourth-order valence-electron chi connectivity index (χ4n) is 1.46. The third-order valence-corrected chi connectivity index (χ3v) is 2.72. The van der Waals surface area contributed by atoms with Crippen molar-refractivity contribution in [1.29, 1.82) is 0 Å². The normalized spacial score (nSPS) is 23.4. The summed E-state index contributed by atoms with van der Waals surface area (Å²) in [7, 11) is 0. The highest BCUT2D eigenvalue weighted by Gasteiger charge is 2.14. The smallest absolute Gasteiger partial charge is 0.0701 e. The van der Waals surface area contributed by atoms with E-state index in [-0.39, 0.29) is 0 Å². The van der Waals surface area contributed by atoms with E-state index >= 15 is 0 Å². The van der Waals surface area contributed by atoms with Gasteiger partial charge < -0.3 is 18.9 Å². The maximum absolute atomic E-state index is 5.58. The molecule has 0 saturated carbocycles. The molecule has 1 heterocycles. The molecule has 0 amide bonds. The van der Waals surface area contributed by atoms with Crippen molar-refractivity contribution >= 4 is 0 Å². The first-order valence-corrected chi connectivity index (χ1v) is 6.11. The second kappa shape index (κ2) is 8.93. The van der Waals surface area contributed by atoms with Gasteiger partial charge in [-0.15, -0.1) is 0 Å². The van der Waals surface area contributed by atoms with Crippen LogP contribution in [0.2, 0.25) is 0 Å². The Morgan fingerprint density at radius 2 is 1.06 bits per heavy atom. The van der Waals surface area contributed by atoms with E-state index < -0.39 is 0 Å². The van der Waals surface area contributed by atoms with Crippen LogP contribution in [-0.2, 0) is 18.9 Å². The summed E-state index contributed by atoms with van der Waals surface area (Å²) in [5.74, 6) is 1.03. The van der Waals surface area contributed by atoms with E-state index in [9.17, 15) is 0 Å². The Balaban J connectivity index is 2.26. The van der Waals surface area contributed by atoms with E-state index in [1.165, 1.54) is 0 Å². The molecule has 0 aromatic carbocycles. The lowest BCUT2D eigenvalue weighted by Gasteiger charge is -2.20. The molecule has 0 radical (unpaired) electrons. The maximum Gasteiger partial charge on any atom is 0.0701 e. The largest absolute Gasteiger partial charge is 0.379 e. The minimum atomic E-state index is 0.459. The van der Waals surface area contributed by atoms with E-state index in [0.717, 1.165) is 13.2 Å². The van der Waals surface area contributed by atoms with Crippen LogP contribution in [0.5, 0.6) is 0 Å². The molecule has 0 aromatic rings. The van der Waals surface area contributed by atoms with Gasteiger partial charge in [-0.1, -0.05) is 13.8 Å². The average Bonchev–Trinajstić information content (AvgIpc) is 2.28. The first kappa shape index (κ1) is 13.9. The zero-order chi connectivity index (χ0) is 11.6. The van der Waals surface area contributed by atoms with Gasteiger partial charge in [0.25, 0.3) is 0 Å². The third-order valence-electron chi connectivity index (χ3n) is 2.72. The molecule has 1 aliphatic rings. The van der Waals surface area contributed by atoms with Crippen molar-refractivity contribution in [1.82, 2.24) is 0 Å². The molecule has 1 aliphatic heterocycles. The average molecular weight is 232 g/mol. The second-order valence-electron chi connectivity index (χ2n) is 4.38. The van der Waals surface area contributed by atoms with E-state index in [1.54, 1.807) is 0 Å². The predicted octanol–water partition coefficient (Wildman–Crippen LogP) is 1.34. The summed E-state index contributed by atoms with van der Waals surface area (Å²) in [5, 5.41) is 0. The molecule has 4 nitrogen and oxygen atoms in total. The minimum absolute atomic E-state index is 0.459. The summed E-state index contributed by atoms with van der Waals surface area (Å²) < 4.78 is 21.9. The molecule has 16 heavy (non-hydrogen) atoms. The van der Waals surface area contributed by atoms with Crippen LogP contribution in [0.1, 0.15) is 13.8 Å². The monoisotopic (exact) mass is 232 g/mol. The van der Waals surface area contributed by atoms with Crippen LogP contribution in [0.25, 0.3) is 0 Å². The molecule has 0 N–H and O–H groups in total. The summed E-state index contributed by atoms with van der Waals surface area (Å²) in [5.41, 5.74) is 0. The molecule has 0 spiro atoms. The van der Waals surface area contributed by atoms with Crippen LogP contribution in [0.4, 0.5) is 0 Å². The van der Waals surface area contributed by atoms with Crippen molar-refractivity contribution in [3.05, 3.63) is 0 Å². The van der Waals surface area contributed by atoms with Gasteiger partial charge in [-0.2, -0.15) is 0 Å². The quantitative estimate of drug-likeness (QED) is 0.683. The Morgan fingerprint density at radius 1 is 0.688 bits per heavy atom. The fraction of sp³-hybridized carbons (Fsp3) is 1.00. The SMILES string of the molecule is CC(C)C1COCCOCCOCCOC1. The Labute approximate surface area is 98.2 Å². The molecule has 0 aliphatic carbocycles. The Morgan fingerprint density at radius 3 is 1.44 bits per heavy atom. The van der Waals surface area contributed by atoms with E-state index in [4.69, 9.17) is 18.9 Å². The van der Waals surface area contributed by atoms with Gasteiger partial charge in [-0.3, -0.25) is 0 Å². The summed E-state index contributed by atoms with van der Waals surface area (Å²) in [4.78, 5) is 0. The fourth-order valence-corrected chi connectivity index (χ4v) is 1.46. The molecule has 1 rings (SSSR count). The first-order chi connectivity index (χ1) is 7.80. The van der Waals surface area contributed by atoms with Crippen molar-refractivity contribution in [3.8, 4) is 0 Å². The molecule has 1 saturated heterocycles. The number of ether oxygens (including phenoxy) is 4. The van der Waals surface area contributed by atoms with Gasteiger partial charge in [0.05, 0.1) is 52.9 Å². The number of rotatable bonds is 1. The minimum Gasteiger partial charge on any atom is -0.379 e. The van der Waals surface area contributed by atoms with Crippen molar-refractivity contribution in [3.63, 3.8) is 0 Å². The highest BCUT2D eigenvalue weighted by molar-refractivity contribution is 4.61. The molecular weight excluding hydrogens is 208 g/mol. The molecule has 1 fully saturated rings. The lowest BCUT2D eigenvalue weighted by Crippen LogP contribution is -2.23. The van der Waals surface area contributed by atoms with E-state index in [2.05, 4.69) is 13.8 Å². The highest BCUT2D eigenvalue weighted by Crippen LogP contribution is 2.12. The Kier molecular flexibility index (Phi) is 7.76. The molecule has 4 heteroatoms. The maximum atomic E-state index is 5.58. The van der Waals surface area contributed by atoms with Gasteiger partial charge in [0.2, 0.25) is 0 Å². The summed E-state index contributed by atoms with van der Waals surface area (Å²) in [6.45, 7) is 9.78. The molecular formula is C12H24O4. The van der Waals surface area contributed by atoms with Crippen LogP contribution in [0.15, 0.2) is 0 Å². The lowest BCUT2D eigenvalue weighted by atomic mass is 9.98. The van der Waals surface area contributed by atoms with Crippen LogP contribution < -0.4 is 0 Å². The van der Waals surface area contributed by atoms with Gasteiger partial charge in [0.1, 0.15) is 0 Å². The van der Waals surface area contributed by atoms with Crippen LogP contribution in [-0.4, -0.2) is 52.9 Å². The number of hydrogen-bond donors (Lipinski definition) is 0. The Bertz CT molecular complexity index is 147. The van der Waals surface area contributed by atoms with Crippen LogP contribution >= 0.6 is 0 Å². The van der Waals surface area contributed by atoms with Crippen molar-refractivity contribution in [2.24, 2.45) is 11.8 Å². The third kappa shape index (κ3) is 6.43. The molecule has 96 valence electrons. The zero-order valence-electron chi connectivity index (χ0n) is 10.4. The van der Waals surface area contributed by atoms with Crippen molar-refractivity contribution < 1.29 is 18.9 Å². The summed E-state index contributed by atoms with van der Waals surface area (Å²) in [6.07, 6.45) is 0. The standard InChI is InChI=1S/C12H24O4/c1-11(2)12-9-15-7-5-13-3-4-14-6-8-16-10-12/h11-12H,3-10H2,1-2H3. The second-order valence-corrected chi connectivity index (χ2v) is 4.38. The first-order valence-electron chi connectivity index (χ1n) is 6.11.